The van der Waals surface area contributed by atoms with Crippen LogP contribution in [0.3, 0.4) is 0 Å². The number of benzene rings is 1. The van der Waals surface area contributed by atoms with Crippen molar-refractivity contribution >= 4 is 37.3 Å². The van der Waals surface area contributed by atoms with Crippen LogP contribution >= 0.6 is 15.9 Å². The van der Waals surface area contributed by atoms with Gasteiger partial charge in [-0.05, 0) is 34.1 Å². The maximum absolute atomic E-state index is 13.9. The smallest absolute Gasteiger partial charge is 0.264 e. The highest BCUT2D eigenvalue weighted by atomic mass is 79.9. The van der Waals surface area contributed by atoms with E-state index >= 15 is 0 Å². The minimum Gasteiger partial charge on any atom is -0.479 e. The number of rotatable bonds is 4. The van der Waals surface area contributed by atoms with Crippen molar-refractivity contribution in [3.8, 4) is 5.88 Å². The normalized spacial score (nSPS) is 10.8. The second-order valence-electron chi connectivity index (χ2n) is 4.04. The van der Waals surface area contributed by atoms with Gasteiger partial charge in [-0.3, -0.25) is 4.72 Å². The first kappa shape index (κ1) is 16.2. The summed E-state index contributed by atoms with van der Waals surface area (Å²) < 4.78 is 46.1. The average Bonchev–Trinajstić information content (AvgIpc) is 2.46. The molecule has 0 aliphatic rings. The molecule has 1 aromatic heterocycles. The molecule has 1 N–H and O–H groups in total. The van der Waals surface area contributed by atoms with Crippen LogP contribution in [0.4, 0.5) is 15.8 Å². The zero-order chi connectivity index (χ0) is 16.3. The minimum absolute atomic E-state index is 0.0122. The molecule has 0 unspecified atom stereocenters. The molecule has 114 valence electrons. The summed E-state index contributed by atoms with van der Waals surface area (Å²) in [5, 5.41) is 0. The predicted molar refractivity (Wildman–Crippen MR) is 82.0 cm³/mol. The van der Waals surface area contributed by atoms with E-state index in [0.29, 0.717) is 4.47 Å². The van der Waals surface area contributed by atoms with E-state index < -0.39 is 20.7 Å². The van der Waals surface area contributed by atoms with Crippen molar-refractivity contribution in [3.05, 3.63) is 52.2 Å². The van der Waals surface area contributed by atoms with Crippen LogP contribution in [0.15, 0.2) is 39.8 Å². The van der Waals surface area contributed by atoms with Gasteiger partial charge < -0.3 is 4.74 Å². The van der Waals surface area contributed by atoms with Crippen LogP contribution in [-0.4, -0.2) is 20.5 Å². The van der Waals surface area contributed by atoms with E-state index in [1.807, 2.05) is 0 Å². The first-order chi connectivity index (χ1) is 10.4. The number of nitrogens with one attached hydrogen (secondary N) is 1. The molecule has 0 radical (unpaired) electrons. The molecule has 2 aromatic rings. The summed E-state index contributed by atoms with van der Waals surface area (Å²) in [5.41, 5.74) is 0.0729. The fourth-order valence-electron chi connectivity index (χ4n) is 1.64. The maximum Gasteiger partial charge on any atom is 0.264 e. The second kappa shape index (κ2) is 6.29. The van der Waals surface area contributed by atoms with Gasteiger partial charge in [-0.1, -0.05) is 6.07 Å². The van der Waals surface area contributed by atoms with Crippen LogP contribution in [0.2, 0.25) is 0 Å². The summed E-state index contributed by atoms with van der Waals surface area (Å²) in [6.45, 7) is 6.79. The van der Waals surface area contributed by atoms with E-state index in [2.05, 4.69) is 30.5 Å². The summed E-state index contributed by atoms with van der Waals surface area (Å²) in [6.07, 6.45) is 1.43. The Morgan fingerprint density at radius 3 is 2.73 bits per heavy atom. The number of hydrogen-bond donors (Lipinski definition) is 1. The lowest BCUT2D eigenvalue weighted by Gasteiger charge is -2.12. The molecular formula is C13H9BrFN3O3S. The van der Waals surface area contributed by atoms with E-state index in [1.165, 1.54) is 25.4 Å². The van der Waals surface area contributed by atoms with Crippen molar-refractivity contribution in [3.63, 3.8) is 0 Å². The highest BCUT2D eigenvalue weighted by molar-refractivity contribution is 9.10. The topological polar surface area (TPSA) is 72.7 Å². The van der Waals surface area contributed by atoms with Gasteiger partial charge >= 0.3 is 0 Å². The molecule has 0 saturated heterocycles. The summed E-state index contributed by atoms with van der Waals surface area (Å²) in [4.78, 5) is 6.36. The van der Waals surface area contributed by atoms with Crippen LogP contribution in [0.5, 0.6) is 5.88 Å². The SMILES string of the molecule is [C-]#[N+]c1ccc(S(=O)(=O)Nc2cc(Br)cnc2OC)c(F)c1. The first-order valence-corrected chi connectivity index (χ1v) is 8.04. The zero-order valence-corrected chi connectivity index (χ0v) is 13.6. The largest absolute Gasteiger partial charge is 0.479 e. The van der Waals surface area contributed by atoms with Crippen LogP contribution in [0, 0.1) is 12.4 Å². The van der Waals surface area contributed by atoms with Gasteiger partial charge in [0, 0.05) is 10.7 Å². The Hall–Kier alpha value is -2.18. The van der Waals surface area contributed by atoms with E-state index in [-0.39, 0.29) is 17.3 Å². The summed E-state index contributed by atoms with van der Waals surface area (Å²) in [7, 11) is -2.85. The standard InChI is InChI=1S/C13H9BrFN3O3S/c1-16-9-3-4-12(10(15)6-9)22(19,20)18-11-5-8(14)7-17-13(11)21-2/h3-7,18H,2H3. The lowest BCUT2D eigenvalue weighted by atomic mass is 10.3. The molecular weight excluding hydrogens is 377 g/mol. The Labute approximate surface area is 134 Å². The third kappa shape index (κ3) is 3.35. The van der Waals surface area contributed by atoms with Gasteiger partial charge in [-0.15, -0.1) is 0 Å². The molecule has 0 aliphatic carbocycles. The molecule has 6 nitrogen and oxygen atoms in total. The number of methoxy groups -OCH3 is 1. The van der Waals surface area contributed by atoms with Gasteiger partial charge in [0.2, 0.25) is 5.88 Å². The maximum atomic E-state index is 13.9. The molecule has 1 aromatic carbocycles. The number of pyridine rings is 1. The molecule has 0 amide bonds. The van der Waals surface area contributed by atoms with Crippen molar-refractivity contribution in [1.82, 2.24) is 4.98 Å². The Morgan fingerprint density at radius 2 is 2.14 bits per heavy atom. The summed E-state index contributed by atoms with van der Waals surface area (Å²) >= 11 is 3.16. The predicted octanol–water partition coefficient (Wildman–Crippen LogP) is 3.34. The van der Waals surface area contributed by atoms with Gasteiger partial charge in [0.25, 0.3) is 10.0 Å². The molecule has 22 heavy (non-hydrogen) atoms. The van der Waals surface area contributed by atoms with Crippen LogP contribution in [-0.2, 0) is 10.0 Å². The first-order valence-electron chi connectivity index (χ1n) is 5.76. The number of halogens is 2. The van der Waals surface area contributed by atoms with Gasteiger partial charge in [0.1, 0.15) is 16.4 Å². The molecule has 0 bridgehead atoms. The number of anilines is 1. The monoisotopic (exact) mass is 385 g/mol. The van der Waals surface area contributed by atoms with Crippen LogP contribution < -0.4 is 9.46 Å². The molecule has 1 heterocycles. The average molecular weight is 386 g/mol. The Kier molecular flexibility index (Phi) is 4.63. The molecule has 9 heteroatoms. The Morgan fingerprint density at radius 1 is 1.41 bits per heavy atom. The third-order valence-electron chi connectivity index (χ3n) is 2.59. The molecule has 0 fully saturated rings. The van der Waals surface area contributed by atoms with E-state index in [4.69, 9.17) is 11.3 Å². The summed E-state index contributed by atoms with van der Waals surface area (Å²) in [5.74, 6) is -0.965. The van der Waals surface area contributed by atoms with Crippen molar-refractivity contribution in [2.45, 2.75) is 4.90 Å². The fraction of sp³-hybridized carbons (Fsp3) is 0.0769. The minimum atomic E-state index is -4.19. The van der Waals surface area contributed by atoms with Gasteiger partial charge in [0.15, 0.2) is 5.69 Å². The van der Waals surface area contributed by atoms with E-state index in [0.717, 1.165) is 12.1 Å². The van der Waals surface area contributed by atoms with Crippen LogP contribution in [0.25, 0.3) is 4.85 Å². The quantitative estimate of drug-likeness (QED) is 0.819. The molecule has 0 atom stereocenters. The fourth-order valence-corrected chi connectivity index (χ4v) is 3.08. The number of nitrogens with zero attached hydrogens (tertiary/aromatic N) is 2. The summed E-state index contributed by atoms with van der Waals surface area (Å²) in [6, 6.07) is 4.55. The van der Waals surface area contributed by atoms with E-state index in [1.54, 1.807) is 0 Å². The van der Waals surface area contributed by atoms with Gasteiger partial charge in [0.05, 0.1) is 13.7 Å². The lowest BCUT2D eigenvalue weighted by Crippen LogP contribution is -2.15. The highest BCUT2D eigenvalue weighted by Crippen LogP contribution is 2.29. The Balaban J connectivity index is 2.45. The van der Waals surface area contributed by atoms with Crippen molar-refractivity contribution in [2.75, 3.05) is 11.8 Å². The number of aromatic nitrogens is 1. The molecule has 0 saturated carbocycles. The van der Waals surface area contributed by atoms with E-state index in [9.17, 15) is 12.8 Å². The third-order valence-corrected chi connectivity index (χ3v) is 4.42. The van der Waals surface area contributed by atoms with Crippen molar-refractivity contribution < 1.29 is 17.5 Å². The van der Waals surface area contributed by atoms with Crippen molar-refractivity contribution in [2.24, 2.45) is 0 Å². The molecule has 0 spiro atoms. The van der Waals surface area contributed by atoms with Crippen molar-refractivity contribution in [1.29, 1.82) is 0 Å². The van der Waals surface area contributed by atoms with Gasteiger partial charge in [-0.2, -0.15) is 0 Å². The number of sulfonamides is 1. The molecule has 2 rings (SSSR count). The lowest BCUT2D eigenvalue weighted by molar-refractivity contribution is 0.400. The highest BCUT2D eigenvalue weighted by Gasteiger charge is 2.21. The zero-order valence-electron chi connectivity index (χ0n) is 11.2. The second-order valence-corrected chi connectivity index (χ2v) is 6.61. The molecule has 0 aliphatic heterocycles. The number of hydrogen-bond acceptors (Lipinski definition) is 4. The van der Waals surface area contributed by atoms with Gasteiger partial charge in [-0.25, -0.2) is 22.6 Å². The van der Waals surface area contributed by atoms with Crippen LogP contribution in [0.1, 0.15) is 0 Å². The Bertz CT molecular complexity index is 865. The number of ether oxygens (including phenoxy) is 1.